The van der Waals surface area contributed by atoms with Gasteiger partial charge in [-0.3, -0.25) is 0 Å². The summed E-state index contributed by atoms with van der Waals surface area (Å²) in [5.74, 6) is 0. The van der Waals surface area contributed by atoms with Gasteiger partial charge >= 0.3 is 0 Å². The molecule has 0 spiro atoms. The predicted molar refractivity (Wildman–Crippen MR) is 89.6 cm³/mol. The molecule has 0 aromatic heterocycles. The monoisotopic (exact) mass is 329 g/mol. The van der Waals surface area contributed by atoms with Crippen LogP contribution in [0.1, 0.15) is 17.2 Å². The molecule has 5 heteroatoms. The van der Waals surface area contributed by atoms with E-state index in [0.717, 1.165) is 11.1 Å². The Morgan fingerprint density at radius 3 is 2.39 bits per heavy atom. The fourth-order valence-corrected chi connectivity index (χ4v) is 3.79. The zero-order chi connectivity index (χ0) is 16.3. The summed E-state index contributed by atoms with van der Waals surface area (Å²) in [5.41, 5.74) is 1.89. The summed E-state index contributed by atoms with van der Waals surface area (Å²) in [5, 5.41) is 0. The molecule has 0 amide bonds. The van der Waals surface area contributed by atoms with E-state index < -0.39 is 16.1 Å². The van der Waals surface area contributed by atoms with Gasteiger partial charge in [0.05, 0.1) is 23.6 Å². The highest BCUT2D eigenvalue weighted by Gasteiger charge is 2.29. The Hall–Kier alpha value is -1.95. The molecule has 1 aliphatic rings. The molecule has 0 bridgehead atoms. The van der Waals surface area contributed by atoms with Crippen LogP contribution >= 0.6 is 0 Å². The normalized spacial score (nSPS) is 18.9. The standard InChI is InChI=1S/C18H19NO3S/c1-14-9-11-16(12-10-14)23(20,21)19-18(17-8-5-13-22-17)15-6-3-2-4-7-15/h2-12,17-19H,13H2,1H3/t17-,18-/m1/s1. The first kappa shape index (κ1) is 15.9. The smallest absolute Gasteiger partial charge is 0.241 e. The van der Waals surface area contributed by atoms with Crippen LogP contribution in [0.15, 0.2) is 71.6 Å². The Labute approximate surface area is 136 Å². The Balaban J connectivity index is 1.91. The van der Waals surface area contributed by atoms with Crippen LogP contribution in [-0.4, -0.2) is 21.1 Å². The molecule has 4 nitrogen and oxygen atoms in total. The van der Waals surface area contributed by atoms with E-state index in [-0.39, 0.29) is 11.0 Å². The fourth-order valence-electron chi connectivity index (χ4n) is 2.56. The second-order valence-electron chi connectivity index (χ2n) is 5.55. The lowest BCUT2D eigenvalue weighted by Gasteiger charge is -2.24. The molecule has 1 heterocycles. The van der Waals surface area contributed by atoms with E-state index >= 15 is 0 Å². The van der Waals surface area contributed by atoms with Crippen molar-refractivity contribution in [2.75, 3.05) is 6.61 Å². The van der Waals surface area contributed by atoms with Gasteiger partial charge in [-0.15, -0.1) is 0 Å². The minimum atomic E-state index is -3.63. The first-order chi connectivity index (χ1) is 11.1. The zero-order valence-electron chi connectivity index (χ0n) is 12.8. The topological polar surface area (TPSA) is 55.4 Å². The van der Waals surface area contributed by atoms with Gasteiger partial charge in [0.1, 0.15) is 0 Å². The third-order valence-electron chi connectivity index (χ3n) is 3.81. The van der Waals surface area contributed by atoms with Crippen LogP contribution in [0.2, 0.25) is 0 Å². The summed E-state index contributed by atoms with van der Waals surface area (Å²) in [6.45, 7) is 2.42. The molecule has 120 valence electrons. The summed E-state index contributed by atoms with van der Waals surface area (Å²) in [6.07, 6.45) is 3.49. The van der Waals surface area contributed by atoms with E-state index in [9.17, 15) is 8.42 Å². The molecule has 0 radical (unpaired) electrons. The molecule has 2 aromatic rings. The van der Waals surface area contributed by atoms with Crippen LogP contribution in [0.5, 0.6) is 0 Å². The number of hydrogen-bond acceptors (Lipinski definition) is 3. The summed E-state index contributed by atoms with van der Waals surface area (Å²) in [7, 11) is -3.63. The molecule has 0 unspecified atom stereocenters. The first-order valence-electron chi connectivity index (χ1n) is 7.48. The molecule has 23 heavy (non-hydrogen) atoms. The quantitative estimate of drug-likeness (QED) is 0.858. The van der Waals surface area contributed by atoms with Gasteiger partial charge in [0.2, 0.25) is 10.0 Å². The van der Waals surface area contributed by atoms with Crippen LogP contribution in [0, 0.1) is 6.92 Å². The molecule has 1 N–H and O–H groups in total. The van der Waals surface area contributed by atoms with E-state index in [4.69, 9.17) is 4.74 Å². The number of hydrogen-bond donors (Lipinski definition) is 1. The minimum Gasteiger partial charge on any atom is -0.368 e. The van der Waals surface area contributed by atoms with Gasteiger partial charge in [0, 0.05) is 0 Å². The second kappa shape index (κ2) is 6.66. The predicted octanol–water partition coefficient (Wildman–Crippen LogP) is 2.97. The van der Waals surface area contributed by atoms with Gasteiger partial charge in [0.25, 0.3) is 0 Å². The van der Waals surface area contributed by atoms with E-state index in [1.807, 2.05) is 49.4 Å². The summed E-state index contributed by atoms with van der Waals surface area (Å²) < 4.78 is 33.8. The van der Waals surface area contributed by atoms with Crippen LogP contribution in [0.4, 0.5) is 0 Å². The van der Waals surface area contributed by atoms with Gasteiger partial charge in [-0.2, -0.15) is 0 Å². The number of aryl methyl sites for hydroxylation is 1. The maximum atomic E-state index is 12.7. The zero-order valence-corrected chi connectivity index (χ0v) is 13.7. The van der Waals surface area contributed by atoms with Crippen molar-refractivity contribution in [2.24, 2.45) is 0 Å². The molecule has 2 aromatic carbocycles. The lowest BCUT2D eigenvalue weighted by Crippen LogP contribution is -2.35. The number of rotatable bonds is 5. The molecule has 2 atom stereocenters. The molecule has 0 saturated carbocycles. The minimum absolute atomic E-state index is 0.256. The average molecular weight is 329 g/mol. The van der Waals surface area contributed by atoms with Crippen molar-refractivity contribution in [1.29, 1.82) is 0 Å². The van der Waals surface area contributed by atoms with Crippen molar-refractivity contribution in [3.63, 3.8) is 0 Å². The largest absolute Gasteiger partial charge is 0.368 e. The third-order valence-corrected chi connectivity index (χ3v) is 5.27. The SMILES string of the molecule is Cc1ccc(S(=O)(=O)N[C@H](c2ccccc2)[C@H]2C=CCO2)cc1. The van der Waals surface area contributed by atoms with Crippen molar-refractivity contribution in [1.82, 2.24) is 4.72 Å². The highest BCUT2D eigenvalue weighted by Crippen LogP contribution is 2.25. The van der Waals surface area contributed by atoms with Gasteiger partial charge in [-0.25, -0.2) is 13.1 Å². The van der Waals surface area contributed by atoms with E-state index in [1.165, 1.54) is 0 Å². The van der Waals surface area contributed by atoms with Gasteiger partial charge in [-0.1, -0.05) is 60.2 Å². The van der Waals surface area contributed by atoms with Crippen molar-refractivity contribution in [3.8, 4) is 0 Å². The Kier molecular flexibility index (Phi) is 4.61. The summed E-state index contributed by atoms with van der Waals surface area (Å²) in [6, 6.07) is 15.8. The van der Waals surface area contributed by atoms with Crippen LogP contribution in [0.3, 0.4) is 0 Å². The fraction of sp³-hybridized carbons (Fsp3) is 0.222. The summed E-state index contributed by atoms with van der Waals surface area (Å²) in [4.78, 5) is 0.256. The van der Waals surface area contributed by atoms with Crippen LogP contribution < -0.4 is 4.72 Å². The molecular formula is C18H19NO3S. The molecule has 3 rings (SSSR count). The highest BCUT2D eigenvalue weighted by atomic mass is 32.2. The molecule has 0 fully saturated rings. The van der Waals surface area contributed by atoms with Crippen LogP contribution in [0.25, 0.3) is 0 Å². The number of sulfonamides is 1. The first-order valence-corrected chi connectivity index (χ1v) is 8.97. The van der Waals surface area contributed by atoms with E-state index in [0.29, 0.717) is 6.61 Å². The maximum absolute atomic E-state index is 12.7. The second-order valence-corrected chi connectivity index (χ2v) is 7.26. The molecule has 1 aliphatic heterocycles. The lowest BCUT2D eigenvalue weighted by molar-refractivity contribution is 0.103. The Morgan fingerprint density at radius 2 is 1.78 bits per heavy atom. The number of nitrogens with one attached hydrogen (secondary N) is 1. The molecule has 0 aliphatic carbocycles. The van der Waals surface area contributed by atoms with Crippen LogP contribution in [-0.2, 0) is 14.8 Å². The third kappa shape index (κ3) is 3.69. The average Bonchev–Trinajstić information content (AvgIpc) is 3.08. The van der Waals surface area contributed by atoms with Crippen molar-refractivity contribution >= 4 is 10.0 Å². The van der Waals surface area contributed by atoms with E-state index in [1.54, 1.807) is 24.3 Å². The van der Waals surface area contributed by atoms with Crippen molar-refractivity contribution in [3.05, 3.63) is 77.9 Å². The van der Waals surface area contributed by atoms with Crippen molar-refractivity contribution < 1.29 is 13.2 Å². The molecular weight excluding hydrogens is 310 g/mol. The van der Waals surface area contributed by atoms with Crippen molar-refractivity contribution in [2.45, 2.75) is 24.0 Å². The van der Waals surface area contributed by atoms with Gasteiger partial charge < -0.3 is 4.74 Å². The van der Waals surface area contributed by atoms with Gasteiger partial charge in [-0.05, 0) is 24.6 Å². The number of ether oxygens (including phenoxy) is 1. The summed E-state index contributed by atoms with van der Waals surface area (Å²) >= 11 is 0. The van der Waals surface area contributed by atoms with E-state index in [2.05, 4.69) is 4.72 Å². The highest BCUT2D eigenvalue weighted by molar-refractivity contribution is 7.89. The lowest BCUT2D eigenvalue weighted by atomic mass is 10.0. The Morgan fingerprint density at radius 1 is 1.09 bits per heavy atom. The maximum Gasteiger partial charge on any atom is 0.241 e. The Bertz CT molecular complexity index is 783. The molecule has 0 saturated heterocycles. The van der Waals surface area contributed by atoms with Gasteiger partial charge in [0.15, 0.2) is 0 Å². The number of benzene rings is 2.